The van der Waals surface area contributed by atoms with Crippen molar-refractivity contribution in [3.05, 3.63) is 29.8 Å². The van der Waals surface area contributed by atoms with E-state index < -0.39 is 11.4 Å². The van der Waals surface area contributed by atoms with Gasteiger partial charge in [-0.2, -0.15) is 0 Å². The summed E-state index contributed by atoms with van der Waals surface area (Å²) in [6.45, 7) is 3.81. The number of para-hydroxylation sites is 1. The Bertz CT molecular complexity index is 402. The molecule has 15 heavy (non-hydrogen) atoms. The molecule has 2 rings (SSSR count). The summed E-state index contributed by atoms with van der Waals surface area (Å²) < 4.78 is 0. The van der Waals surface area contributed by atoms with Crippen molar-refractivity contribution in [2.45, 2.75) is 31.7 Å². The van der Waals surface area contributed by atoms with E-state index in [1.165, 1.54) is 0 Å². The number of hydrogen-bond acceptors (Lipinski definition) is 2. The van der Waals surface area contributed by atoms with Gasteiger partial charge in [-0.05, 0) is 31.9 Å². The summed E-state index contributed by atoms with van der Waals surface area (Å²) in [7, 11) is 0. The van der Waals surface area contributed by atoms with E-state index in [0.29, 0.717) is 6.42 Å². The third kappa shape index (κ3) is 1.48. The van der Waals surface area contributed by atoms with Gasteiger partial charge in [-0.15, -0.1) is 0 Å². The van der Waals surface area contributed by atoms with Crippen molar-refractivity contribution in [1.29, 1.82) is 0 Å². The first kappa shape index (κ1) is 10.0. The van der Waals surface area contributed by atoms with Crippen molar-refractivity contribution < 1.29 is 9.90 Å². The largest absolute Gasteiger partial charge is 0.481 e. The minimum absolute atomic E-state index is 0.195. The van der Waals surface area contributed by atoms with Gasteiger partial charge in [-0.1, -0.05) is 18.2 Å². The van der Waals surface area contributed by atoms with E-state index in [0.717, 1.165) is 11.3 Å². The van der Waals surface area contributed by atoms with E-state index in [9.17, 15) is 9.90 Å². The summed E-state index contributed by atoms with van der Waals surface area (Å²) in [6, 6.07) is 7.83. The fraction of sp³-hybridized carbons (Fsp3) is 0.417. The van der Waals surface area contributed by atoms with Gasteiger partial charge in [0.15, 0.2) is 0 Å². The van der Waals surface area contributed by atoms with Crippen LogP contribution in [0.25, 0.3) is 0 Å². The van der Waals surface area contributed by atoms with Crippen molar-refractivity contribution in [2.75, 3.05) is 5.32 Å². The van der Waals surface area contributed by atoms with Gasteiger partial charge in [-0.3, -0.25) is 4.79 Å². The minimum atomic E-state index is -0.763. The number of hydrogen-bond donors (Lipinski definition) is 2. The molecule has 1 heterocycles. The number of carboxylic acids is 1. The molecule has 1 aliphatic heterocycles. The molecule has 0 amide bonds. The second kappa shape index (κ2) is 3.26. The van der Waals surface area contributed by atoms with Gasteiger partial charge in [0.05, 0.1) is 5.41 Å². The predicted molar refractivity (Wildman–Crippen MR) is 59.1 cm³/mol. The normalized spacial score (nSPS) is 29.1. The predicted octanol–water partition coefficient (Wildman–Crippen LogP) is 2.23. The molecular weight excluding hydrogens is 190 g/mol. The maximum Gasteiger partial charge on any atom is 0.313 e. The Kier molecular flexibility index (Phi) is 2.18. The molecule has 2 unspecified atom stereocenters. The van der Waals surface area contributed by atoms with Crippen LogP contribution in [-0.4, -0.2) is 17.1 Å². The Hall–Kier alpha value is -1.51. The molecule has 1 aliphatic rings. The molecule has 0 aromatic heterocycles. The Balaban J connectivity index is 2.56. The first-order valence-electron chi connectivity index (χ1n) is 5.13. The molecule has 80 valence electrons. The lowest BCUT2D eigenvalue weighted by Crippen LogP contribution is -2.42. The van der Waals surface area contributed by atoms with Gasteiger partial charge in [0, 0.05) is 11.7 Å². The highest BCUT2D eigenvalue weighted by Crippen LogP contribution is 2.39. The average Bonchev–Trinajstić information content (AvgIpc) is 2.17. The molecule has 0 fully saturated rings. The molecule has 1 aromatic rings. The van der Waals surface area contributed by atoms with E-state index in [-0.39, 0.29) is 6.04 Å². The first-order valence-corrected chi connectivity index (χ1v) is 5.13. The topological polar surface area (TPSA) is 49.3 Å². The molecule has 3 nitrogen and oxygen atoms in total. The number of carbonyl (C=O) groups is 1. The summed E-state index contributed by atoms with van der Waals surface area (Å²) in [5.41, 5.74) is 1.07. The standard InChI is InChI=1S/C12H15NO2/c1-8-7-12(2,11(14)15)9-5-3-4-6-10(9)13-8/h3-6,8,13H,7H2,1-2H3,(H,14,15). The number of rotatable bonds is 1. The Morgan fingerprint density at radius 2 is 2.20 bits per heavy atom. The van der Waals surface area contributed by atoms with Gasteiger partial charge in [0.25, 0.3) is 0 Å². The first-order chi connectivity index (χ1) is 7.04. The second-order valence-electron chi connectivity index (χ2n) is 4.43. The molecule has 0 radical (unpaired) electrons. The molecule has 2 N–H and O–H groups in total. The second-order valence-corrected chi connectivity index (χ2v) is 4.43. The van der Waals surface area contributed by atoms with Crippen molar-refractivity contribution >= 4 is 11.7 Å². The van der Waals surface area contributed by atoms with Crippen molar-refractivity contribution in [1.82, 2.24) is 0 Å². The fourth-order valence-corrected chi connectivity index (χ4v) is 2.33. The van der Waals surface area contributed by atoms with E-state index >= 15 is 0 Å². The summed E-state index contributed by atoms with van der Waals surface area (Å²) in [5, 5.41) is 12.6. The zero-order valence-corrected chi connectivity index (χ0v) is 8.95. The van der Waals surface area contributed by atoms with E-state index in [1.54, 1.807) is 6.92 Å². The molecule has 3 heteroatoms. The van der Waals surface area contributed by atoms with Crippen LogP contribution in [0.4, 0.5) is 5.69 Å². The SMILES string of the molecule is CC1CC(C)(C(=O)O)c2ccccc2N1. The highest BCUT2D eigenvalue weighted by atomic mass is 16.4. The third-order valence-electron chi connectivity index (χ3n) is 3.11. The smallest absolute Gasteiger partial charge is 0.313 e. The summed E-state index contributed by atoms with van der Waals surface area (Å²) in [5.74, 6) is -0.747. The lowest BCUT2D eigenvalue weighted by atomic mass is 9.74. The average molecular weight is 205 g/mol. The third-order valence-corrected chi connectivity index (χ3v) is 3.11. The lowest BCUT2D eigenvalue weighted by Gasteiger charge is -2.36. The van der Waals surface area contributed by atoms with Crippen molar-refractivity contribution in [2.24, 2.45) is 0 Å². The molecule has 0 saturated heterocycles. The molecule has 0 spiro atoms. The quantitative estimate of drug-likeness (QED) is 0.739. The van der Waals surface area contributed by atoms with Crippen LogP contribution in [0.15, 0.2) is 24.3 Å². The van der Waals surface area contributed by atoms with E-state index in [4.69, 9.17) is 0 Å². The maximum atomic E-state index is 11.4. The van der Waals surface area contributed by atoms with Crippen LogP contribution in [0.2, 0.25) is 0 Å². The number of anilines is 1. The number of aliphatic carboxylic acids is 1. The van der Waals surface area contributed by atoms with Crippen LogP contribution in [0.3, 0.4) is 0 Å². The van der Waals surface area contributed by atoms with Gasteiger partial charge < -0.3 is 10.4 Å². The number of benzene rings is 1. The molecule has 0 bridgehead atoms. The monoisotopic (exact) mass is 205 g/mol. The van der Waals surface area contributed by atoms with Crippen LogP contribution < -0.4 is 5.32 Å². The molecule has 0 saturated carbocycles. The highest BCUT2D eigenvalue weighted by molar-refractivity contribution is 5.84. The van der Waals surface area contributed by atoms with E-state index in [1.807, 2.05) is 31.2 Å². The Labute approximate surface area is 89.1 Å². The summed E-state index contributed by atoms with van der Waals surface area (Å²) in [4.78, 5) is 11.4. The zero-order valence-electron chi connectivity index (χ0n) is 8.95. The Morgan fingerprint density at radius 3 is 2.87 bits per heavy atom. The summed E-state index contributed by atoms with van der Waals surface area (Å²) in [6.07, 6.45) is 0.624. The molecule has 1 aromatic carbocycles. The lowest BCUT2D eigenvalue weighted by molar-refractivity contribution is -0.143. The van der Waals surface area contributed by atoms with Gasteiger partial charge in [0.1, 0.15) is 0 Å². The molecular formula is C12H15NO2. The number of carboxylic acid groups (broad SMARTS) is 1. The number of fused-ring (bicyclic) bond motifs is 1. The van der Waals surface area contributed by atoms with Crippen molar-refractivity contribution in [3.63, 3.8) is 0 Å². The van der Waals surface area contributed by atoms with Crippen LogP contribution in [-0.2, 0) is 10.2 Å². The van der Waals surface area contributed by atoms with E-state index in [2.05, 4.69) is 5.32 Å². The van der Waals surface area contributed by atoms with Gasteiger partial charge >= 0.3 is 5.97 Å². The minimum Gasteiger partial charge on any atom is -0.481 e. The zero-order chi connectivity index (χ0) is 11.1. The number of nitrogens with one attached hydrogen (secondary N) is 1. The van der Waals surface area contributed by atoms with Crippen LogP contribution in [0.5, 0.6) is 0 Å². The van der Waals surface area contributed by atoms with Crippen LogP contribution >= 0.6 is 0 Å². The fourth-order valence-electron chi connectivity index (χ4n) is 2.33. The summed E-state index contributed by atoms with van der Waals surface area (Å²) >= 11 is 0. The van der Waals surface area contributed by atoms with Crippen LogP contribution in [0, 0.1) is 0 Å². The van der Waals surface area contributed by atoms with Gasteiger partial charge in [-0.25, -0.2) is 0 Å². The maximum absolute atomic E-state index is 11.4. The van der Waals surface area contributed by atoms with Crippen LogP contribution in [0.1, 0.15) is 25.8 Å². The molecule has 0 aliphatic carbocycles. The Morgan fingerprint density at radius 1 is 1.53 bits per heavy atom. The highest BCUT2D eigenvalue weighted by Gasteiger charge is 2.41. The molecule has 2 atom stereocenters. The van der Waals surface area contributed by atoms with Gasteiger partial charge in [0.2, 0.25) is 0 Å². The van der Waals surface area contributed by atoms with Crippen molar-refractivity contribution in [3.8, 4) is 0 Å².